The minimum absolute atomic E-state index is 0.144. The van der Waals surface area contributed by atoms with E-state index in [1.807, 2.05) is 26.0 Å². The number of nitrogens with one attached hydrogen (secondary N) is 1. The number of carbonyl (C=O) groups excluding carboxylic acids is 1. The third-order valence-electron chi connectivity index (χ3n) is 3.11. The molecule has 1 unspecified atom stereocenters. The van der Waals surface area contributed by atoms with Crippen LogP contribution in [0.25, 0.3) is 0 Å². The monoisotopic (exact) mass is 288 g/mol. The zero-order chi connectivity index (χ0) is 14.7. The van der Waals surface area contributed by atoms with Gasteiger partial charge in [-0.05, 0) is 26.0 Å². The summed E-state index contributed by atoms with van der Waals surface area (Å²) in [6.07, 6.45) is 3.45. The van der Waals surface area contributed by atoms with Gasteiger partial charge >= 0.3 is 0 Å². The third-order valence-corrected chi connectivity index (χ3v) is 3.33. The molecule has 0 aliphatic carbocycles. The van der Waals surface area contributed by atoms with Crippen LogP contribution >= 0.6 is 12.2 Å². The molecule has 104 valence electrons. The van der Waals surface area contributed by atoms with Crippen LogP contribution in [0.5, 0.6) is 0 Å². The van der Waals surface area contributed by atoms with Crippen molar-refractivity contribution in [3.63, 3.8) is 0 Å². The van der Waals surface area contributed by atoms with Crippen molar-refractivity contribution in [2.75, 3.05) is 5.32 Å². The Morgan fingerprint density at radius 1 is 1.45 bits per heavy atom. The van der Waals surface area contributed by atoms with Crippen LogP contribution < -0.4 is 11.1 Å². The lowest BCUT2D eigenvalue weighted by Gasteiger charge is -2.16. The number of imidazole rings is 1. The Morgan fingerprint density at radius 2 is 2.15 bits per heavy atom. The van der Waals surface area contributed by atoms with E-state index in [1.165, 1.54) is 0 Å². The topological polar surface area (TPSA) is 72.9 Å². The molecule has 2 aromatic rings. The number of hydrogen-bond donors (Lipinski definition) is 2. The lowest BCUT2D eigenvalue weighted by molar-refractivity contribution is -0.118. The summed E-state index contributed by atoms with van der Waals surface area (Å²) < 4.78 is 1.80. The molecule has 0 fully saturated rings. The summed E-state index contributed by atoms with van der Waals surface area (Å²) in [4.78, 5) is 16.7. The number of aromatic nitrogens is 2. The highest BCUT2D eigenvalue weighted by molar-refractivity contribution is 7.80. The number of nitrogens with two attached hydrogens (primary N) is 1. The van der Waals surface area contributed by atoms with Gasteiger partial charge in [0.05, 0.1) is 5.69 Å². The fourth-order valence-corrected chi connectivity index (χ4v) is 2.15. The van der Waals surface area contributed by atoms with Crippen molar-refractivity contribution in [3.05, 3.63) is 48.0 Å². The molecule has 20 heavy (non-hydrogen) atoms. The van der Waals surface area contributed by atoms with Crippen LogP contribution in [0, 0.1) is 6.92 Å². The molecule has 3 N–H and O–H groups in total. The van der Waals surface area contributed by atoms with Gasteiger partial charge in [0.15, 0.2) is 0 Å². The molecule has 0 saturated heterocycles. The first-order valence-electron chi connectivity index (χ1n) is 6.20. The smallest absolute Gasteiger partial charge is 0.247 e. The Kier molecular flexibility index (Phi) is 4.14. The lowest BCUT2D eigenvalue weighted by Crippen LogP contribution is -2.25. The first-order valence-corrected chi connectivity index (χ1v) is 6.60. The molecule has 1 amide bonds. The number of benzene rings is 1. The second-order valence-electron chi connectivity index (χ2n) is 4.46. The van der Waals surface area contributed by atoms with Gasteiger partial charge in [-0.2, -0.15) is 0 Å². The van der Waals surface area contributed by atoms with Crippen molar-refractivity contribution in [1.29, 1.82) is 0 Å². The zero-order valence-corrected chi connectivity index (χ0v) is 12.1. The van der Waals surface area contributed by atoms with Crippen molar-refractivity contribution in [2.24, 2.45) is 5.73 Å². The van der Waals surface area contributed by atoms with Crippen LogP contribution in [0.15, 0.2) is 36.7 Å². The summed E-state index contributed by atoms with van der Waals surface area (Å²) in [5.41, 5.74) is 6.93. The van der Waals surface area contributed by atoms with E-state index in [1.54, 1.807) is 29.1 Å². The van der Waals surface area contributed by atoms with E-state index in [0.29, 0.717) is 11.3 Å². The first-order chi connectivity index (χ1) is 9.50. The predicted molar refractivity (Wildman–Crippen MR) is 82.6 cm³/mol. The average molecular weight is 288 g/mol. The van der Waals surface area contributed by atoms with Crippen LogP contribution in [0.1, 0.15) is 24.4 Å². The van der Waals surface area contributed by atoms with E-state index in [0.717, 1.165) is 5.82 Å². The number of aryl methyl sites for hydroxylation is 1. The van der Waals surface area contributed by atoms with Gasteiger partial charge in [0.25, 0.3) is 0 Å². The quantitative estimate of drug-likeness (QED) is 0.844. The molecule has 0 spiro atoms. The van der Waals surface area contributed by atoms with E-state index < -0.39 is 0 Å². The number of rotatable bonds is 4. The van der Waals surface area contributed by atoms with Gasteiger partial charge in [0.2, 0.25) is 5.91 Å². The Morgan fingerprint density at radius 3 is 2.75 bits per heavy atom. The fourth-order valence-electron chi connectivity index (χ4n) is 1.97. The Balaban J connectivity index is 2.20. The summed E-state index contributed by atoms with van der Waals surface area (Å²) in [5, 5.41) is 2.85. The number of carbonyl (C=O) groups is 1. The fraction of sp³-hybridized carbons (Fsp3) is 0.214. The van der Waals surface area contributed by atoms with Crippen molar-refractivity contribution in [3.8, 4) is 0 Å². The van der Waals surface area contributed by atoms with E-state index in [-0.39, 0.29) is 16.9 Å². The van der Waals surface area contributed by atoms with Crippen LogP contribution in [0.2, 0.25) is 0 Å². The van der Waals surface area contributed by atoms with Crippen LogP contribution in [-0.4, -0.2) is 20.4 Å². The molecule has 1 aromatic carbocycles. The third kappa shape index (κ3) is 2.85. The first kappa shape index (κ1) is 14.2. The highest BCUT2D eigenvalue weighted by Gasteiger charge is 2.17. The van der Waals surface area contributed by atoms with E-state index in [2.05, 4.69) is 10.3 Å². The number of nitrogens with zero attached hydrogens (tertiary/aromatic N) is 2. The molecule has 2 rings (SSSR count). The standard InChI is InChI=1S/C14H16N4OS/c1-9(18-8-7-16-10(18)2)14(19)17-12-6-4-3-5-11(12)13(15)20/h3-9H,1-2H3,(H2,15,20)(H,17,19). The van der Waals surface area contributed by atoms with Gasteiger partial charge in [-0.25, -0.2) is 4.98 Å². The maximum Gasteiger partial charge on any atom is 0.247 e. The summed E-state index contributed by atoms with van der Waals surface area (Å²) in [6.45, 7) is 3.67. The van der Waals surface area contributed by atoms with Crippen molar-refractivity contribution in [1.82, 2.24) is 9.55 Å². The van der Waals surface area contributed by atoms with Crippen LogP contribution in [-0.2, 0) is 4.79 Å². The number of thiocarbonyl (C=S) groups is 1. The Bertz CT molecular complexity index is 650. The molecule has 5 nitrogen and oxygen atoms in total. The van der Waals surface area contributed by atoms with Gasteiger partial charge < -0.3 is 15.6 Å². The summed E-state index contributed by atoms with van der Waals surface area (Å²) >= 11 is 4.98. The molecule has 0 bridgehead atoms. The van der Waals surface area contributed by atoms with E-state index >= 15 is 0 Å². The molecule has 0 aliphatic rings. The maximum absolute atomic E-state index is 12.3. The normalized spacial score (nSPS) is 11.9. The Hall–Kier alpha value is -2.21. The van der Waals surface area contributed by atoms with Gasteiger partial charge in [-0.3, -0.25) is 4.79 Å². The highest BCUT2D eigenvalue weighted by Crippen LogP contribution is 2.17. The number of anilines is 1. The second kappa shape index (κ2) is 5.83. The van der Waals surface area contributed by atoms with Crippen molar-refractivity contribution in [2.45, 2.75) is 19.9 Å². The molecule has 1 heterocycles. The molecule has 0 aliphatic heterocycles. The Labute approximate surface area is 122 Å². The molecule has 1 atom stereocenters. The molecule has 6 heteroatoms. The minimum atomic E-state index is -0.364. The lowest BCUT2D eigenvalue weighted by atomic mass is 10.1. The molecule has 1 aromatic heterocycles. The minimum Gasteiger partial charge on any atom is -0.389 e. The molecule has 0 radical (unpaired) electrons. The van der Waals surface area contributed by atoms with Gasteiger partial charge in [-0.1, -0.05) is 24.4 Å². The maximum atomic E-state index is 12.3. The van der Waals surface area contributed by atoms with Gasteiger partial charge in [-0.15, -0.1) is 0 Å². The number of amides is 1. The summed E-state index contributed by atoms with van der Waals surface area (Å²) in [5.74, 6) is 0.644. The number of hydrogen-bond acceptors (Lipinski definition) is 3. The molecular weight excluding hydrogens is 272 g/mol. The van der Waals surface area contributed by atoms with Gasteiger partial charge in [0.1, 0.15) is 16.9 Å². The van der Waals surface area contributed by atoms with E-state index in [4.69, 9.17) is 18.0 Å². The van der Waals surface area contributed by atoms with Gasteiger partial charge in [0, 0.05) is 18.0 Å². The zero-order valence-electron chi connectivity index (χ0n) is 11.3. The number of para-hydroxylation sites is 1. The van der Waals surface area contributed by atoms with Crippen molar-refractivity contribution >= 4 is 28.8 Å². The molecular formula is C14H16N4OS. The SMILES string of the molecule is Cc1nccn1C(C)C(=O)Nc1ccccc1C(N)=S. The average Bonchev–Trinajstić information content (AvgIpc) is 2.84. The van der Waals surface area contributed by atoms with Crippen molar-refractivity contribution < 1.29 is 4.79 Å². The highest BCUT2D eigenvalue weighted by atomic mass is 32.1. The predicted octanol–water partition coefficient (Wildman–Crippen LogP) is 2.03. The second-order valence-corrected chi connectivity index (χ2v) is 4.90. The summed E-state index contributed by atoms with van der Waals surface area (Å²) in [6, 6.07) is 6.85. The van der Waals surface area contributed by atoms with Crippen LogP contribution in [0.4, 0.5) is 5.69 Å². The largest absolute Gasteiger partial charge is 0.389 e. The van der Waals surface area contributed by atoms with Crippen LogP contribution in [0.3, 0.4) is 0 Å². The molecule has 0 saturated carbocycles. The van der Waals surface area contributed by atoms with E-state index in [9.17, 15) is 4.79 Å². The summed E-state index contributed by atoms with van der Waals surface area (Å²) in [7, 11) is 0.